The van der Waals surface area contributed by atoms with Gasteiger partial charge in [-0.15, -0.1) is 0 Å². The zero-order valence-electron chi connectivity index (χ0n) is 29.0. The molecule has 1 aliphatic carbocycles. The molecule has 4 aromatic rings. The Hall–Kier alpha value is -3.65. The van der Waals surface area contributed by atoms with E-state index >= 15 is 0 Å². The van der Waals surface area contributed by atoms with Crippen molar-refractivity contribution in [3.63, 3.8) is 0 Å². The second-order valence-corrected chi connectivity index (χ2v) is 18.6. The molecule has 7 rings (SSSR count). The zero-order valence-corrected chi connectivity index (χ0v) is 30.6. The zero-order chi connectivity index (χ0) is 35.2. The molecule has 1 N–H and O–H groups in total. The number of hydrogen-bond donors (Lipinski definition) is 1. The van der Waals surface area contributed by atoms with Gasteiger partial charge in [-0.3, -0.25) is 9.36 Å². The number of aryl methyl sites for hydroxylation is 1. The number of hydrogen-bond acceptors (Lipinski definition) is 9. The van der Waals surface area contributed by atoms with Crippen LogP contribution in [0, 0.1) is 6.92 Å². The normalized spacial score (nSPS) is 19.3. The van der Waals surface area contributed by atoms with Crippen LogP contribution in [-0.2, 0) is 19.9 Å². The van der Waals surface area contributed by atoms with Crippen molar-refractivity contribution in [2.24, 2.45) is 0 Å². The number of likely N-dealkylation sites (tertiary alicyclic amines) is 1. The molecule has 2 aliphatic heterocycles. The van der Waals surface area contributed by atoms with Gasteiger partial charge in [0.25, 0.3) is 5.56 Å². The van der Waals surface area contributed by atoms with Crippen LogP contribution in [0.5, 0.6) is 0 Å². The number of anilines is 2. The summed E-state index contributed by atoms with van der Waals surface area (Å²) in [7, 11) is -5.15. The van der Waals surface area contributed by atoms with Crippen LogP contribution in [0.1, 0.15) is 74.5 Å². The summed E-state index contributed by atoms with van der Waals surface area (Å²) in [6.45, 7) is 3.78. The van der Waals surface area contributed by atoms with E-state index in [4.69, 9.17) is 4.98 Å². The first kappa shape index (κ1) is 34.8. The minimum atomic E-state index is -3.76. The lowest BCUT2D eigenvalue weighted by molar-refractivity contribution is 0.275. The first-order chi connectivity index (χ1) is 23.9. The van der Waals surface area contributed by atoms with Gasteiger partial charge in [-0.25, -0.2) is 26.1 Å². The summed E-state index contributed by atoms with van der Waals surface area (Å²) in [5.74, 6) is 0.938. The number of aromatic nitrogens is 3. The average Bonchev–Trinajstić information content (AvgIpc) is 3.64. The SMILES string of the molecule is Cc1ccc(-c2cc3cnc(Nc4ccc(C5CCCC5)cc4)nc3n(C3CCN(S(C)(=O)=O)CC3)c2=O)c(S(=O)(=O)C2CCN(C)CC2)c1. The Morgan fingerprint density at radius 1 is 0.820 bits per heavy atom. The van der Waals surface area contributed by atoms with Crippen molar-refractivity contribution in [3.05, 3.63) is 76.2 Å². The Labute approximate surface area is 294 Å². The van der Waals surface area contributed by atoms with Gasteiger partial charge in [0.05, 0.1) is 16.4 Å². The van der Waals surface area contributed by atoms with Gasteiger partial charge in [0.1, 0.15) is 5.65 Å². The molecule has 11 nitrogen and oxygen atoms in total. The van der Waals surface area contributed by atoms with E-state index in [0.717, 1.165) is 11.3 Å². The average molecular weight is 719 g/mol. The number of sulfonamides is 1. The van der Waals surface area contributed by atoms with Crippen LogP contribution in [0.2, 0.25) is 0 Å². The smallest absolute Gasteiger partial charge is 0.260 e. The number of pyridine rings is 1. The van der Waals surface area contributed by atoms with Crippen LogP contribution in [0.25, 0.3) is 22.2 Å². The van der Waals surface area contributed by atoms with Crippen molar-refractivity contribution >= 4 is 42.5 Å². The lowest BCUT2D eigenvalue weighted by atomic mass is 9.98. The molecule has 13 heteroatoms. The molecule has 2 aromatic heterocycles. The molecule has 50 heavy (non-hydrogen) atoms. The summed E-state index contributed by atoms with van der Waals surface area (Å²) in [5.41, 5.74) is 3.66. The van der Waals surface area contributed by atoms with Gasteiger partial charge in [-0.2, -0.15) is 4.98 Å². The van der Waals surface area contributed by atoms with Crippen molar-refractivity contribution in [2.45, 2.75) is 80.4 Å². The number of rotatable bonds is 8. The molecule has 4 heterocycles. The number of nitrogens with one attached hydrogen (secondary N) is 1. The van der Waals surface area contributed by atoms with Crippen molar-refractivity contribution < 1.29 is 16.8 Å². The maximum absolute atomic E-state index is 14.7. The lowest BCUT2D eigenvalue weighted by Crippen LogP contribution is -2.40. The predicted molar refractivity (Wildman–Crippen MR) is 197 cm³/mol. The molecule has 0 unspecified atom stereocenters. The van der Waals surface area contributed by atoms with E-state index in [1.807, 2.05) is 32.2 Å². The largest absolute Gasteiger partial charge is 0.324 e. The highest BCUT2D eigenvalue weighted by atomic mass is 32.2. The number of nitrogens with zero attached hydrogens (tertiary/aromatic N) is 5. The monoisotopic (exact) mass is 718 g/mol. The van der Waals surface area contributed by atoms with Gasteiger partial charge in [0, 0.05) is 47.5 Å². The molecule has 0 radical (unpaired) electrons. The van der Waals surface area contributed by atoms with Crippen LogP contribution in [0.15, 0.2) is 64.4 Å². The third-order valence-corrected chi connectivity index (χ3v) is 14.5. The number of benzene rings is 2. The van der Waals surface area contributed by atoms with Gasteiger partial charge in [-0.05, 0) is 107 Å². The Morgan fingerprint density at radius 3 is 2.16 bits per heavy atom. The molecule has 0 bridgehead atoms. The maximum atomic E-state index is 14.7. The van der Waals surface area contributed by atoms with Gasteiger partial charge in [-0.1, -0.05) is 37.1 Å². The summed E-state index contributed by atoms with van der Waals surface area (Å²) in [5, 5.41) is 3.36. The fourth-order valence-corrected chi connectivity index (χ4v) is 10.8. The van der Waals surface area contributed by atoms with E-state index < -0.39 is 25.1 Å². The molecular weight excluding hydrogens is 673 g/mol. The lowest BCUT2D eigenvalue weighted by Gasteiger charge is -2.32. The molecule has 3 aliphatic rings. The van der Waals surface area contributed by atoms with Gasteiger partial charge < -0.3 is 10.2 Å². The molecule has 266 valence electrons. The Balaban J connectivity index is 1.31. The van der Waals surface area contributed by atoms with Crippen molar-refractivity contribution in [2.75, 3.05) is 44.8 Å². The first-order valence-corrected chi connectivity index (χ1v) is 21.1. The van der Waals surface area contributed by atoms with Crippen LogP contribution in [0.4, 0.5) is 11.6 Å². The Kier molecular flexibility index (Phi) is 9.61. The second-order valence-electron chi connectivity index (χ2n) is 14.4. The van der Waals surface area contributed by atoms with Gasteiger partial charge >= 0.3 is 0 Å². The van der Waals surface area contributed by atoms with E-state index in [1.165, 1.54) is 41.8 Å². The van der Waals surface area contributed by atoms with Crippen molar-refractivity contribution in [1.82, 2.24) is 23.7 Å². The standard InChI is InChI=1S/C37H46N6O5S2/c1-25-8-13-32(34(22-25)50(47,48)31-16-18-41(2)19-17-31)33-23-28-24-38-37(39-29-11-9-27(10-12-29)26-6-4-5-7-26)40-35(28)43(36(33)44)30-14-20-42(21-15-30)49(3,45)46/h8-13,22-24,26,30-31H,4-7,14-21H2,1-3H3,(H,38,39,40). The summed E-state index contributed by atoms with van der Waals surface area (Å²) < 4.78 is 56.2. The van der Waals surface area contributed by atoms with Crippen molar-refractivity contribution in [3.8, 4) is 11.1 Å². The molecule has 3 fully saturated rings. The summed E-state index contributed by atoms with van der Waals surface area (Å²) in [6, 6.07) is 15.0. The van der Waals surface area contributed by atoms with E-state index in [0.29, 0.717) is 67.2 Å². The summed E-state index contributed by atoms with van der Waals surface area (Å²) in [6.07, 6.45) is 9.73. The molecule has 0 atom stereocenters. The minimum Gasteiger partial charge on any atom is -0.324 e. The highest BCUT2D eigenvalue weighted by molar-refractivity contribution is 7.92. The topological polar surface area (TPSA) is 135 Å². The van der Waals surface area contributed by atoms with E-state index in [1.54, 1.807) is 29.0 Å². The third kappa shape index (κ3) is 6.97. The fourth-order valence-electron chi connectivity index (χ4n) is 7.93. The summed E-state index contributed by atoms with van der Waals surface area (Å²) >= 11 is 0. The van der Waals surface area contributed by atoms with E-state index in [2.05, 4.69) is 27.3 Å². The molecule has 2 aromatic carbocycles. The van der Waals surface area contributed by atoms with Crippen LogP contribution < -0.4 is 10.9 Å². The fraction of sp³-hybridized carbons (Fsp3) is 0.486. The molecule has 0 amide bonds. The third-order valence-electron chi connectivity index (χ3n) is 10.9. The number of sulfone groups is 1. The maximum Gasteiger partial charge on any atom is 0.260 e. The Morgan fingerprint density at radius 2 is 1.50 bits per heavy atom. The Bertz CT molecular complexity index is 2160. The van der Waals surface area contributed by atoms with E-state index in [-0.39, 0.29) is 35.1 Å². The van der Waals surface area contributed by atoms with Crippen LogP contribution in [-0.4, -0.2) is 85.3 Å². The van der Waals surface area contributed by atoms with Crippen LogP contribution >= 0.6 is 0 Å². The molecule has 0 spiro atoms. The number of fused-ring (bicyclic) bond motifs is 1. The summed E-state index contributed by atoms with van der Waals surface area (Å²) in [4.78, 5) is 26.5. The predicted octanol–water partition coefficient (Wildman–Crippen LogP) is 5.63. The highest BCUT2D eigenvalue weighted by Gasteiger charge is 2.34. The van der Waals surface area contributed by atoms with Gasteiger partial charge in [0.2, 0.25) is 16.0 Å². The molecule has 2 saturated heterocycles. The van der Waals surface area contributed by atoms with Gasteiger partial charge in [0.15, 0.2) is 9.84 Å². The first-order valence-electron chi connectivity index (χ1n) is 17.7. The quantitative estimate of drug-likeness (QED) is 0.246. The van der Waals surface area contributed by atoms with Crippen LogP contribution in [0.3, 0.4) is 0 Å². The minimum absolute atomic E-state index is 0.169. The molecule has 1 saturated carbocycles. The highest BCUT2D eigenvalue weighted by Crippen LogP contribution is 2.36. The van der Waals surface area contributed by atoms with E-state index in [9.17, 15) is 21.6 Å². The second kappa shape index (κ2) is 13.8. The number of piperidine rings is 2. The van der Waals surface area contributed by atoms with Crippen molar-refractivity contribution in [1.29, 1.82) is 0 Å². The molecular formula is C37H46N6O5S2.